The number of para-hydroxylation sites is 1. The molecule has 3 rings (SSSR count). The summed E-state index contributed by atoms with van der Waals surface area (Å²) in [7, 11) is 4.26. The molecule has 1 fully saturated rings. The van der Waals surface area contributed by atoms with Gasteiger partial charge in [0.1, 0.15) is 6.04 Å². The van der Waals surface area contributed by atoms with Gasteiger partial charge in [0.2, 0.25) is 17.6 Å². The van der Waals surface area contributed by atoms with Gasteiger partial charge in [-0.15, -0.1) is 0 Å². The molecule has 0 aliphatic carbocycles. The summed E-state index contributed by atoms with van der Waals surface area (Å²) in [5.41, 5.74) is 3.78. The molecule has 0 spiro atoms. The number of hydrazine groups is 1. The standard InChI is InChI=1S/C24H27N3O7/c1-6-20(28)27(17-13-21(29)26(24(17)31)16-10-8-7-9-14(16)2)25-23(30)15-11-18(32-3)22(34-5)19(12-15)33-4/h7-12,17H,6,13H2,1-5H3,(H,25,30). The van der Waals surface area contributed by atoms with Gasteiger partial charge < -0.3 is 14.2 Å². The maximum absolute atomic E-state index is 13.2. The number of hydrogen-bond acceptors (Lipinski definition) is 7. The second kappa shape index (κ2) is 10.2. The van der Waals surface area contributed by atoms with E-state index in [-0.39, 0.29) is 29.9 Å². The summed E-state index contributed by atoms with van der Waals surface area (Å²) in [4.78, 5) is 52.9. The van der Waals surface area contributed by atoms with E-state index in [0.717, 1.165) is 15.5 Å². The third kappa shape index (κ3) is 4.52. The van der Waals surface area contributed by atoms with Crippen LogP contribution in [0.15, 0.2) is 36.4 Å². The van der Waals surface area contributed by atoms with Crippen molar-refractivity contribution in [2.75, 3.05) is 26.2 Å². The molecule has 1 unspecified atom stereocenters. The van der Waals surface area contributed by atoms with Crippen molar-refractivity contribution >= 4 is 29.3 Å². The summed E-state index contributed by atoms with van der Waals surface area (Å²) in [6, 6.07) is 8.63. The van der Waals surface area contributed by atoms with E-state index in [4.69, 9.17) is 14.2 Å². The number of amides is 4. The van der Waals surface area contributed by atoms with E-state index in [1.54, 1.807) is 38.1 Å². The SMILES string of the molecule is CCC(=O)N(NC(=O)c1cc(OC)c(OC)c(OC)c1)C1CC(=O)N(c2ccccc2C)C1=O. The van der Waals surface area contributed by atoms with Gasteiger partial charge in [-0.25, -0.2) is 9.91 Å². The zero-order valence-electron chi connectivity index (χ0n) is 19.7. The molecule has 0 aromatic heterocycles. The number of imide groups is 1. The first-order valence-corrected chi connectivity index (χ1v) is 10.6. The number of aryl methyl sites for hydroxylation is 1. The molecule has 1 N–H and O–H groups in total. The van der Waals surface area contributed by atoms with Gasteiger partial charge in [-0.05, 0) is 30.7 Å². The Labute approximate surface area is 197 Å². The van der Waals surface area contributed by atoms with Crippen LogP contribution in [0.4, 0.5) is 5.69 Å². The van der Waals surface area contributed by atoms with Gasteiger partial charge in [-0.3, -0.25) is 24.6 Å². The minimum Gasteiger partial charge on any atom is -0.493 e. The highest BCUT2D eigenvalue weighted by Crippen LogP contribution is 2.38. The monoisotopic (exact) mass is 469 g/mol. The van der Waals surface area contributed by atoms with Gasteiger partial charge in [0, 0.05) is 12.0 Å². The zero-order chi connectivity index (χ0) is 25.0. The summed E-state index contributed by atoms with van der Waals surface area (Å²) in [6.45, 7) is 3.38. The van der Waals surface area contributed by atoms with E-state index >= 15 is 0 Å². The largest absolute Gasteiger partial charge is 0.493 e. The lowest BCUT2D eigenvalue weighted by Crippen LogP contribution is -2.54. The molecule has 10 nitrogen and oxygen atoms in total. The van der Waals surface area contributed by atoms with Crippen LogP contribution in [0, 0.1) is 6.92 Å². The zero-order valence-corrected chi connectivity index (χ0v) is 19.7. The van der Waals surface area contributed by atoms with E-state index in [0.29, 0.717) is 11.4 Å². The average molecular weight is 469 g/mol. The summed E-state index contributed by atoms with van der Waals surface area (Å²) in [5.74, 6) is -1.45. The Morgan fingerprint density at radius 3 is 2.21 bits per heavy atom. The van der Waals surface area contributed by atoms with Crippen molar-refractivity contribution in [2.24, 2.45) is 0 Å². The highest BCUT2D eigenvalue weighted by Gasteiger charge is 2.45. The molecule has 1 heterocycles. The van der Waals surface area contributed by atoms with Crippen LogP contribution in [0.25, 0.3) is 0 Å². The number of hydrogen-bond donors (Lipinski definition) is 1. The van der Waals surface area contributed by atoms with Gasteiger partial charge in [-0.1, -0.05) is 25.1 Å². The van der Waals surface area contributed by atoms with E-state index in [1.807, 2.05) is 0 Å². The fourth-order valence-corrected chi connectivity index (χ4v) is 3.76. The van der Waals surface area contributed by atoms with Crippen LogP contribution in [0.2, 0.25) is 0 Å². The molecule has 1 aliphatic heterocycles. The lowest BCUT2D eigenvalue weighted by atomic mass is 10.1. The fourth-order valence-electron chi connectivity index (χ4n) is 3.76. The topological polar surface area (TPSA) is 114 Å². The van der Waals surface area contributed by atoms with Crippen LogP contribution in [-0.4, -0.2) is 56.0 Å². The fraction of sp³-hybridized carbons (Fsp3) is 0.333. The molecule has 1 atom stereocenters. The molecule has 34 heavy (non-hydrogen) atoms. The van der Waals surface area contributed by atoms with Crippen LogP contribution >= 0.6 is 0 Å². The van der Waals surface area contributed by atoms with Crippen molar-refractivity contribution in [1.29, 1.82) is 0 Å². The Balaban J connectivity index is 1.93. The Kier molecular flexibility index (Phi) is 7.40. The molecule has 2 aromatic carbocycles. The highest BCUT2D eigenvalue weighted by molar-refractivity contribution is 6.23. The third-order valence-corrected chi connectivity index (χ3v) is 5.51. The molecule has 10 heteroatoms. The van der Waals surface area contributed by atoms with Crippen LogP contribution < -0.4 is 24.5 Å². The molecule has 1 aliphatic rings. The highest BCUT2D eigenvalue weighted by atomic mass is 16.5. The first-order valence-electron chi connectivity index (χ1n) is 10.6. The first kappa shape index (κ1) is 24.6. The van der Waals surface area contributed by atoms with E-state index in [2.05, 4.69) is 5.43 Å². The van der Waals surface area contributed by atoms with Crippen LogP contribution in [0.5, 0.6) is 17.2 Å². The lowest BCUT2D eigenvalue weighted by Gasteiger charge is -2.28. The van der Waals surface area contributed by atoms with Crippen molar-refractivity contribution in [3.63, 3.8) is 0 Å². The molecule has 0 radical (unpaired) electrons. The molecular weight excluding hydrogens is 442 g/mol. The Morgan fingerprint density at radius 1 is 1.06 bits per heavy atom. The minimum atomic E-state index is -1.18. The van der Waals surface area contributed by atoms with Crippen molar-refractivity contribution in [2.45, 2.75) is 32.7 Å². The number of ether oxygens (including phenoxy) is 3. The maximum atomic E-state index is 13.2. The summed E-state index contributed by atoms with van der Waals surface area (Å²) >= 11 is 0. The van der Waals surface area contributed by atoms with E-state index in [9.17, 15) is 19.2 Å². The Hall–Kier alpha value is -4.08. The van der Waals surface area contributed by atoms with Crippen LogP contribution in [-0.2, 0) is 14.4 Å². The molecule has 180 valence electrons. The molecule has 0 saturated carbocycles. The summed E-state index contributed by atoms with van der Waals surface area (Å²) in [5, 5.41) is 0.935. The van der Waals surface area contributed by atoms with Crippen molar-refractivity contribution in [3.8, 4) is 17.2 Å². The smallest absolute Gasteiger partial charge is 0.270 e. The van der Waals surface area contributed by atoms with Gasteiger partial charge in [0.05, 0.1) is 33.4 Å². The second-order valence-electron chi connectivity index (χ2n) is 7.55. The van der Waals surface area contributed by atoms with Gasteiger partial charge >= 0.3 is 0 Å². The van der Waals surface area contributed by atoms with Crippen molar-refractivity contribution in [1.82, 2.24) is 10.4 Å². The number of rotatable bonds is 7. The Morgan fingerprint density at radius 2 is 1.68 bits per heavy atom. The normalized spacial score (nSPS) is 15.2. The van der Waals surface area contributed by atoms with E-state index < -0.39 is 29.7 Å². The molecule has 2 aromatic rings. The first-order chi connectivity index (χ1) is 16.3. The number of carbonyl (C=O) groups is 4. The summed E-state index contributed by atoms with van der Waals surface area (Å²) in [6.07, 6.45) is -0.244. The number of nitrogens with one attached hydrogen (secondary N) is 1. The quantitative estimate of drug-likeness (QED) is 0.489. The van der Waals surface area contributed by atoms with Gasteiger partial charge in [0.25, 0.3) is 11.8 Å². The van der Waals surface area contributed by atoms with Crippen LogP contribution in [0.3, 0.4) is 0 Å². The molecule has 1 saturated heterocycles. The lowest BCUT2D eigenvalue weighted by molar-refractivity contribution is -0.140. The predicted octanol–water partition coefficient (Wildman–Crippen LogP) is 2.24. The maximum Gasteiger partial charge on any atom is 0.270 e. The number of carbonyl (C=O) groups excluding carboxylic acids is 4. The molecule has 4 amide bonds. The van der Waals surface area contributed by atoms with E-state index in [1.165, 1.54) is 33.5 Å². The predicted molar refractivity (Wildman–Crippen MR) is 123 cm³/mol. The third-order valence-electron chi connectivity index (χ3n) is 5.51. The number of methoxy groups -OCH3 is 3. The molecule has 0 bridgehead atoms. The Bertz CT molecular complexity index is 1110. The average Bonchev–Trinajstić information content (AvgIpc) is 3.14. The van der Waals surface area contributed by atoms with Crippen molar-refractivity contribution < 1.29 is 33.4 Å². The van der Waals surface area contributed by atoms with Gasteiger partial charge in [-0.2, -0.15) is 0 Å². The molecular formula is C24H27N3O7. The van der Waals surface area contributed by atoms with Gasteiger partial charge in [0.15, 0.2) is 11.5 Å². The number of nitrogens with zero attached hydrogens (tertiary/aromatic N) is 2. The summed E-state index contributed by atoms with van der Waals surface area (Å²) < 4.78 is 15.8. The number of anilines is 1. The van der Waals surface area contributed by atoms with Crippen molar-refractivity contribution in [3.05, 3.63) is 47.5 Å². The van der Waals surface area contributed by atoms with Crippen LogP contribution in [0.1, 0.15) is 35.7 Å². The number of benzene rings is 2. The second-order valence-corrected chi connectivity index (χ2v) is 7.55. The minimum absolute atomic E-state index is 0.0118.